The highest BCUT2D eigenvalue weighted by Crippen LogP contribution is 2.35. The van der Waals surface area contributed by atoms with Crippen LogP contribution in [0, 0.1) is 5.92 Å². The first-order valence-corrected chi connectivity index (χ1v) is 6.57. The van der Waals surface area contributed by atoms with Crippen LogP contribution in [0.4, 0.5) is 0 Å². The van der Waals surface area contributed by atoms with Gasteiger partial charge in [0.25, 0.3) is 0 Å². The van der Waals surface area contributed by atoms with Crippen LogP contribution >= 0.6 is 11.8 Å². The van der Waals surface area contributed by atoms with Gasteiger partial charge in [0.15, 0.2) is 0 Å². The monoisotopic (exact) mass is 201 g/mol. The molecule has 0 saturated heterocycles. The van der Waals surface area contributed by atoms with E-state index in [4.69, 9.17) is 5.73 Å². The van der Waals surface area contributed by atoms with E-state index in [2.05, 4.69) is 25.6 Å². The Balaban J connectivity index is 2.35. The van der Waals surface area contributed by atoms with Crippen molar-refractivity contribution in [1.29, 1.82) is 0 Å². The number of hydrogen-bond acceptors (Lipinski definition) is 2. The molecular formula is C11H23NS. The summed E-state index contributed by atoms with van der Waals surface area (Å²) in [4.78, 5) is 0. The second-order valence-electron chi connectivity index (χ2n) is 4.17. The van der Waals surface area contributed by atoms with Crippen molar-refractivity contribution in [3.05, 3.63) is 0 Å². The molecule has 1 fully saturated rings. The minimum Gasteiger partial charge on any atom is -0.330 e. The highest BCUT2D eigenvalue weighted by molar-refractivity contribution is 8.00. The Labute approximate surface area is 86.8 Å². The molecule has 78 valence electrons. The maximum Gasteiger partial charge on any atom is 0.00900 e. The molecule has 0 heterocycles. The molecule has 1 aliphatic carbocycles. The Morgan fingerprint density at radius 2 is 2.08 bits per heavy atom. The van der Waals surface area contributed by atoms with Crippen molar-refractivity contribution in [3.8, 4) is 0 Å². The lowest BCUT2D eigenvalue weighted by molar-refractivity contribution is 0.377. The molecule has 0 aromatic rings. The first-order valence-electron chi connectivity index (χ1n) is 5.63. The van der Waals surface area contributed by atoms with Crippen molar-refractivity contribution < 1.29 is 0 Å². The van der Waals surface area contributed by atoms with Crippen molar-refractivity contribution in [2.75, 3.05) is 6.54 Å². The molecule has 0 amide bonds. The van der Waals surface area contributed by atoms with Gasteiger partial charge in [-0.25, -0.2) is 0 Å². The summed E-state index contributed by atoms with van der Waals surface area (Å²) in [7, 11) is 0. The van der Waals surface area contributed by atoms with E-state index in [9.17, 15) is 0 Å². The molecule has 0 aromatic heterocycles. The third-order valence-electron chi connectivity index (χ3n) is 3.12. The van der Waals surface area contributed by atoms with Gasteiger partial charge in [-0.15, -0.1) is 0 Å². The summed E-state index contributed by atoms with van der Waals surface area (Å²) < 4.78 is 0. The summed E-state index contributed by atoms with van der Waals surface area (Å²) in [6.45, 7) is 5.51. The van der Waals surface area contributed by atoms with Crippen LogP contribution in [0.5, 0.6) is 0 Å². The van der Waals surface area contributed by atoms with Crippen LogP contribution in [0.25, 0.3) is 0 Å². The van der Waals surface area contributed by atoms with E-state index >= 15 is 0 Å². The molecule has 0 aromatic carbocycles. The number of rotatable bonds is 4. The van der Waals surface area contributed by atoms with Gasteiger partial charge in [0, 0.05) is 10.5 Å². The fourth-order valence-electron chi connectivity index (χ4n) is 2.02. The molecule has 0 bridgehead atoms. The Bertz CT molecular complexity index is 138. The van der Waals surface area contributed by atoms with E-state index in [1.165, 1.54) is 32.1 Å². The van der Waals surface area contributed by atoms with Crippen LogP contribution in [-0.2, 0) is 0 Å². The van der Waals surface area contributed by atoms with Crippen molar-refractivity contribution in [2.24, 2.45) is 11.7 Å². The Morgan fingerprint density at radius 1 is 1.38 bits per heavy atom. The molecule has 0 spiro atoms. The van der Waals surface area contributed by atoms with E-state index in [1.54, 1.807) is 0 Å². The summed E-state index contributed by atoms with van der Waals surface area (Å²) in [5.74, 6) is 0.799. The molecule has 3 atom stereocenters. The minimum absolute atomic E-state index is 0.799. The van der Waals surface area contributed by atoms with E-state index in [0.29, 0.717) is 0 Å². The van der Waals surface area contributed by atoms with E-state index in [1.807, 2.05) is 0 Å². The zero-order valence-corrected chi connectivity index (χ0v) is 9.78. The van der Waals surface area contributed by atoms with Crippen molar-refractivity contribution in [3.63, 3.8) is 0 Å². The van der Waals surface area contributed by atoms with E-state index in [-0.39, 0.29) is 0 Å². The van der Waals surface area contributed by atoms with Crippen LogP contribution in [0.1, 0.15) is 46.0 Å². The first kappa shape index (κ1) is 11.4. The van der Waals surface area contributed by atoms with Gasteiger partial charge in [0.1, 0.15) is 0 Å². The molecule has 0 aliphatic heterocycles. The number of thioether (sulfide) groups is 1. The van der Waals surface area contributed by atoms with Crippen LogP contribution in [0.3, 0.4) is 0 Å². The van der Waals surface area contributed by atoms with Gasteiger partial charge < -0.3 is 5.73 Å². The SMILES string of the molecule is CCC(C)SC1CCCCC1CN. The lowest BCUT2D eigenvalue weighted by Gasteiger charge is -2.31. The summed E-state index contributed by atoms with van der Waals surface area (Å²) in [6.07, 6.45) is 6.88. The van der Waals surface area contributed by atoms with Gasteiger partial charge in [-0.2, -0.15) is 11.8 Å². The third-order valence-corrected chi connectivity index (χ3v) is 4.89. The van der Waals surface area contributed by atoms with E-state index < -0.39 is 0 Å². The van der Waals surface area contributed by atoms with Gasteiger partial charge in [-0.1, -0.05) is 26.7 Å². The zero-order valence-electron chi connectivity index (χ0n) is 8.96. The molecular weight excluding hydrogens is 178 g/mol. The average molecular weight is 201 g/mol. The minimum atomic E-state index is 0.799. The number of nitrogens with two attached hydrogens (primary N) is 1. The topological polar surface area (TPSA) is 26.0 Å². The van der Waals surface area contributed by atoms with Crippen LogP contribution in [-0.4, -0.2) is 17.0 Å². The van der Waals surface area contributed by atoms with Crippen LogP contribution in [0.2, 0.25) is 0 Å². The van der Waals surface area contributed by atoms with Gasteiger partial charge >= 0.3 is 0 Å². The Hall–Kier alpha value is 0.310. The second-order valence-corrected chi connectivity index (χ2v) is 5.86. The summed E-state index contributed by atoms with van der Waals surface area (Å²) in [6, 6.07) is 0. The zero-order chi connectivity index (χ0) is 9.68. The highest BCUT2D eigenvalue weighted by Gasteiger charge is 2.25. The predicted molar refractivity (Wildman–Crippen MR) is 62.1 cm³/mol. The summed E-state index contributed by atoms with van der Waals surface area (Å²) in [5, 5.41) is 1.67. The van der Waals surface area contributed by atoms with Gasteiger partial charge in [0.05, 0.1) is 0 Å². The van der Waals surface area contributed by atoms with Crippen molar-refractivity contribution >= 4 is 11.8 Å². The Morgan fingerprint density at radius 3 is 2.69 bits per heavy atom. The average Bonchev–Trinajstić information content (AvgIpc) is 2.18. The number of hydrogen-bond donors (Lipinski definition) is 1. The smallest absolute Gasteiger partial charge is 0.00900 e. The fourth-order valence-corrected chi connectivity index (χ4v) is 3.58. The molecule has 3 unspecified atom stereocenters. The second kappa shape index (κ2) is 5.92. The van der Waals surface area contributed by atoms with Gasteiger partial charge in [-0.05, 0) is 31.7 Å². The van der Waals surface area contributed by atoms with Crippen LogP contribution in [0.15, 0.2) is 0 Å². The normalized spacial score (nSPS) is 31.6. The molecule has 0 radical (unpaired) electrons. The molecule has 1 aliphatic rings. The molecule has 2 heteroatoms. The van der Waals surface area contributed by atoms with Crippen LogP contribution < -0.4 is 5.73 Å². The largest absolute Gasteiger partial charge is 0.330 e. The molecule has 2 N–H and O–H groups in total. The van der Waals surface area contributed by atoms with Crippen molar-refractivity contribution in [2.45, 2.75) is 56.5 Å². The summed E-state index contributed by atoms with van der Waals surface area (Å²) in [5.41, 5.74) is 5.80. The molecule has 1 rings (SSSR count). The molecule has 13 heavy (non-hydrogen) atoms. The summed E-state index contributed by atoms with van der Waals surface area (Å²) >= 11 is 2.17. The van der Waals surface area contributed by atoms with Gasteiger partial charge in [0.2, 0.25) is 0 Å². The maximum absolute atomic E-state index is 5.80. The molecule has 1 nitrogen and oxygen atoms in total. The predicted octanol–water partition coefficient (Wildman–Crippen LogP) is 3.04. The third kappa shape index (κ3) is 3.51. The quantitative estimate of drug-likeness (QED) is 0.756. The lowest BCUT2D eigenvalue weighted by Crippen LogP contribution is -2.29. The lowest BCUT2D eigenvalue weighted by atomic mass is 9.89. The van der Waals surface area contributed by atoms with Gasteiger partial charge in [-0.3, -0.25) is 0 Å². The highest BCUT2D eigenvalue weighted by atomic mass is 32.2. The first-order chi connectivity index (χ1) is 6.27. The fraction of sp³-hybridized carbons (Fsp3) is 1.00. The Kier molecular flexibility index (Phi) is 5.18. The van der Waals surface area contributed by atoms with E-state index in [0.717, 1.165) is 23.0 Å². The maximum atomic E-state index is 5.80. The van der Waals surface area contributed by atoms with Crippen molar-refractivity contribution in [1.82, 2.24) is 0 Å². The molecule has 1 saturated carbocycles. The standard InChI is InChI=1S/C11H23NS/c1-3-9(2)13-11-7-5-4-6-10(11)8-12/h9-11H,3-8,12H2,1-2H3.